The third-order valence-electron chi connectivity index (χ3n) is 2.92. The van der Waals surface area contributed by atoms with Crippen LogP contribution in [0.2, 0.25) is 5.02 Å². The quantitative estimate of drug-likeness (QED) is 0.748. The van der Waals surface area contributed by atoms with Crippen molar-refractivity contribution < 1.29 is 14.7 Å². The number of nitrogens with two attached hydrogens (primary N) is 1. The summed E-state index contributed by atoms with van der Waals surface area (Å²) >= 11 is 5.84. The summed E-state index contributed by atoms with van der Waals surface area (Å²) in [6.07, 6.45) is -0.392. The Balaban J connectivity index is 2.80. The summed E-state index contributed by atoms with van der Waals surface area (Å²) in [5.74, 6) is -1.43. The van der Waals surface area contributed by atoms with E-state index in [4.69, 9.17) is 22.4 Å². The van der Waals surface area contributed by atoms with E-state index in [9.17, 15) is 9.59 Å². The number of halogens is 1. The van der Waals surface area contributed by atoms with Crippen molar-refractivity contribution in [1.29, 1.82) is 0 Å². The molecule has 0 spiro atoms. The maximum atomic E-state index is 11.9. The van der Waals surface area contributed by atoms with Crippen LogP contribution >= 0.6 is 11.6 Å². The molecular weight excluding hydrogens is 280 g/mol. The molecule has 4 N–H and O–H groups in total. The SMILES string of the molecule is CC(C)C(NC(=O)C(N)CC(=O)O)c1ccc(Cl)cc1. The van der Waals surface area contributed by atoms with E-state index < -0.39 is 24.3 Å². The Kier molecular flexibility index (Phi) is 5.98. The summed E-state index contributed by atoms with van der Waals surface area (Å²) in [5, 5.41) is 12.1. The maximum Gasteiger partial charge on any atom is 0.305 e. The Morgan fingerprint density at radius 3 is 2.30 bits per heavy atom. The minimum Gasteiger partial charge on any atom is -0.481 e. The molecule has 0 saturated carbocycles. The minimum absolute atomic E-state index is 0.136. The van der Waals surface area contributed by atoms with Crippen LogP contribution in [0.4, 0.5) is 0 Å². The van der Waals surface area contributed by atoms with Crippen molar-refractivity contribution in [1.82, 2.24) is 5.32 Å². The van der Waals surface area contributed by atoms with E-state index in [0.29, 0.717) is 5.02 Å². The summed E-state index contributed by atoms with van der Waals surface area (Å²) in [6, 6.07) is 5.86. The van der Waals surface area contributed by atoms with Gasteiger partial charge in [0.25, 0.3) is 0 Å². The Labute approximate surface area is 123 Å². The fraction of sp³-hybridized carbons (Fsp3) is 0.429. The van der Waals surface area contributed by atoms with Gasteiger partial charge >= 0.3 is 5.97 Å². The van der Waals surface area contributed by atoms with Gasteiger partial charge in [-0.1, -0.05) is 37.6 Å². The number of rotatable bonds is 6. The van der Waals surface area contributed by atoms with Crippen LogP contribution in [-0.2, 0) is 9.59 Å². The number of carboxylic acids is 1. The molecule has 6 heteroatoms. The minimum atomic E-state index is -1.10. The van der Waals surface area contributed by atoms with E-state index in [-0.39, 0.29) is 12.0 Å². The predicted octanol–water partition coefficient (Wildman–Crippen LogP) is 1.96. The molecule has 0 aromatic heterocycles. The fourth-order valence-electron chi connectivity index (χ4n) is 1.85. The summed E-state index contributed by atoms with van der Waals surface area (Å²) < 4.78 is 0. The molecule has 20 heavy (non-hydrogen) atoms. The van der Waals surface area contributed by atoms with E-state index in [2.05, 4.69) is 5.32 Å². The highest BCUT2D eigenvalue weighted by molar-refractivity contribution is 6.30. The van der Waals surface area contributed by atoms with Gasteiger partial charge in [-0.25, -0.2) is 0 Å². The molecule has 1 rings (SSSR count). The number of carbonyl (C=O) groups is 2. The lowest BCUT2D eigenvalue weighted by molar-refractivity contribution is -0.139. The van der Waals surface area contributed by atoms with Crippen molar-refractivity contribution in [3.8, 4) is 0 Å². The smallest absolute Gasteiger partial charge is 0.305 e. The Morgan fingerprint density at radius 2 is 1.85 bits per heavy atom. The van der Waals surface area contributed by atoms with E-state index >= 15 is 0 Å². The van der Waals surface area contributed by atoms with Gasteiger partial charge in [0.15, 0.2) is 0 Å². The summed E-state index contributed by atoms with van der Waals surface area (Å²) in [4.78, 5) is 22.5. The highest BCUT2D eigenvalue weighted by Gasteiger charge is 2.23. The first-order chi connectivity index (χ1) is 9.31. The molecule has 1 aromatic carbocycles. The van der Waals surface area contributed by atoms with Crippen molar-refractivity contribution >= 4 is 23.5 Å². The number of nitrogens with one attached hydrogen (secondary N) is 1. The van der Waals surface area contributed by atoms with E-state index in [1.54, 1.807) is 12.1 Å². The lowest BCUT2D eigenvalue weighted by atomic mass is 9.95. The number of amides is 1. The average Bonchev–Trinajstić information content (AvgIpc) is 2.35. The largest absolute Gasteiger partial charge is 0.481 e. The maximum absolute atomic E-state index is 11.9. The van der Waals surface area contributed by atoms with E-state index in [1.165, 1.54) is 0 Å². The van der Waals surface area contributed by atoms with Gasteiger partial charge < -0.3 is 16.2 Å². The molecule has 2 unspecified atom stereocenters. The highest BCUT2D eigenvalue weighted by Crippen LogP contribution is 2.23. The standard InChI is InChI=1S/C14H19ClN2O3/c1-8(2)13(9-3-5-10(15)6-4-9)17-14(20)11(16)7-12(18)19/h3-6,8,11,13H,7,16H2,1-2H3,(H,17,20)(H,18,19). The van der Waals surface area contributed by atoms with Crippen LogP contribution in [0.3, 0.4) is 0 Å². The molecular formula is C14H19ClN2O3. The van der Waals surface area contributed by atoms with Gasteiger partial charge in [-0.05, 0) is 23.6 Å². The third-order valence-corrected chi connectivity index (χ3v) is 3.18. The molecule has 1 aromatic rings. The lowest BCUT2D eigenvalue weighted by Crippen LogP contribution is -2.44. The van der Waals surface area contributed by atoms with Crippen LogP contribution in [0.25, 0.3) is 0 Å². The molecule has 0 saturated heterocycles. The van der Waals surface area contributed by atoms with Crippen molar-refractivity contribution in [2.75, 3.05) is 0 Å². The summed E-state index contributed by atoms with van der Waals surface area (Å²) in [6.45, 7) is 3.92. The van der Waals surface area contributed by atoms with Crippen LogP contribution in [0.5, 0.6) is 0 Å². The second-order valence-electron chi connectivity index (χ2n) is 4.99. The van der Waals surface area contributed by atoms with Gasteiger partial charge in [0, 0.05) is 5.02 Å². The fourth-order valence-corrected chi connectivity index (χ4v) is 1.97. The third kappa shape index (κ3) is 4.83. The molecule has 0 aliphatic rings. The Morgan fingerprint density at radius 1 is 1.30 bits per heavy atom. The molecule has 0 heterocycles. The molecule has 5 nitrogen and oxygen atoms in total. The predicted molar refractivity (Wildman–Crippen MR) is 77.4 cm³/mol. The van der Waals surface area contributed by atoms with Crippen LogP contribution in [0, 0.1) is 5.92 Å². The molecule has 0 aliphatic carbocycles. The zero-order chi connectivity index (χ0) is 15.3. The molecule has 0 bridgehead atoms. The molecule has 0 radical (unpaired) electrons. The van der Waals surface area contributed by atoms with Gasteiger partial charge in [0.2, 0.25) is 5.91 Å². The van der Waals surface area contributed by atoms with E-state index in [1.807, 2.05) is 26.0 Å². The number of hydrogen-bond donors (Lipinski definition) is 3. The zero-order valence-corrected chi connectivity index (χ0v) is 12.2. The van der Waals surface area contributed by atoms with Crippen molar-refractivity contribution in [3.63, 3.8) is 0 Å². The first-order valence-electron chi connectivity index (χ1n) is 6.34. The molecule has 1 amide bonds. The highest BCUT2D eigenvalue weighted by atomic mass is 35.5. The normalized spacial score (nSPS) is 13.8. The van der Waals surface area contributed by atoms with Gasteiger partial charge in [0.1, 0.15) is 0 Å². The van der Waals surface area contributed by atoms with Crippen molar-refractivity contribution in [2.24, 2.45) is 11.7 Å². The number of aliphatic carboxylic acids is 1. The van der Waals surface area contributed by atoms with E-state index in [0.717, 1.165) is 5.56 Å². The van der Waals surface area contributed by atoms with Crippen LogP contribution in [-0.4, -0.2) is 23.0 Å². The topological polar surface area (TPSA) is 92.4 Å². The number of carbonyl (C=O) groups excluding carboxylic acids is 1. The first kappa shape index (κ1) is 16.5. The van der Waals surface area contributed by atoms with Gasteiger partial charge in [-0.2, -0.15) is 0 Å². The van der Waals surface area contributed by atoms with Gasteiger partial charge in [-0.15, -0.1) is 0 Å². The number of hydrogen-bond acceptors (Lipinski definition) is 3. The van der Waals surface area contributed by atoms with Crippen molar-refractivity contribution in [2.45, 2.75) is 32.4 Å². The molecule has 0 fully saturated rings. The average molecular weight is 299 g/mol. The number of benzene rings is 1. The summed E-state index contributed by atoms with van der Waals surface area (Å²) in [5.41, 5.74) is 6.46. The first-order valence-corrected chi connectivity index (χ1v) is 6.72. The second-order valence-corrected chi connectivity index (χ2v) is 5.42. The second kappa shape index (κ2) is 7.26. The molecule has 0 aliphatic heterocycles. The Hall–Kier alpha value is -1.59. The lowest BCUT2D eigenvalue weighted by Gasteiger charge is -2.24. The van der Waals surface area contributed by atoms with Crippen molar-refractivity contribution in [3.05, 3.63) is 34.9 Å². The summed E-state index contributed by atoms with van der Waals surface area (Å²) in [7, 11) is 0. The number of carboxylic acid groups (broad SMARTS) is 1. The molecule has 110 valence electrons. The van der Waals surface area contributed by atoms with Gasteiger partial charge in [-0.3, -0.25) is 9.59 Å². The molecule has 2 atom stereocenters. The monoisotopic (exact) mass is 298 g/mol. The Bertz CT molecular complexity index is 474. The van der Waals surface area contributed by atoms with Crippen LogP contribution in [0.15, 0.2) is 24.3 Å². The van der Waals surface area contributed by atoms with Crippen LogP contribution < -0.4 is 11.1 Å². The van der Waals surface area contributed by atoms with Gasteiger partial charge in [0.05, 0.1) is 18.5 Å². The van der Waals surface area contributed by atoms with Crippen LogP contribution in [0.1, 0.15) is 31.9 Å². The zero-order valence-electron chi connectivity index (χ0n) is 11.5.